The molecule has 86 valence electrons. The van der Waals surface area contributed by atoms with Crippen molar-refractivity contribution in [3.8, 4) is 0 Å². The molecule has 1 amide bonds. The predicted molar refractivity (Wildman–Crippen MR) is 61.3 cm³/mol. The number of nitrogens with zero attached hydrogens (tertiary/aromatic N) is 2. The maximum atomic E-state index is 11.3. The van der Waals surface area contributed by atoms with Gasteiger partial charge in [-0.25, -0.2) is 0 Å². The predicted octanol–water partition coefficient (Wildman–Crippen LogP) is 1.21. The lowest BCUT2D eigenvalue weighted by atomic mass is 10.4. The number of amides is 1. The van der Waals surface area contributed by atoms with Gasteiger partial charge in [-0.05, 0) is 25.0 Å². The van der Waals surface area contributed by atoms with Gasteiger partial charge in [0.15, 0.2) is 5.15 Å². The Bertz CT molecular complexity index is 364. The molecule has 0 saturated heterocycles. The van der Waals surface area contributed by atoms with Crippen molar-refractivity contribution >= 4 is 23.3 Å². The summed E-state index contributed by atoms with van der Waals surface area (Å²) in [6.07, 6.45) is 2.67. The summed E-state index contributed by atoms with van der Waals surface area (Å²) in [5, 5.41) is 13.8. The standard InChI is InChI=1S/C10H13ClN4O/c11-8-3-4-9(15-14-8)12-6-5-10(16)13-7-1-2-7/h3-4,7H,1-2,5-6H2,(H,12,15)(H,13,16). The molecule has 0 atom stereocenters. The third-order valence-electron chi connectivity index (χ3n) is 2.23. The van der Waals surface area contributed by atoms with Crippen LogP contribution in [-0.4, -0.2) is 28.7 Å². The van der Waals surface area contributed by atoms with Crippen molar-refractivity contribution in [3.63, 3.8) is 0 Å². The maximum absolute atomic E-state index is 11.3. The fraction of sp³-hybridized carbons (Fsp3) is 0.500. The molecule has 0 aliphatic heterocycles. The van der Waals surface area contributed by atoms with Gasteiger partial charge in [-0.1, -0.05) is 11.6 Å². The highest BCUT2D eigenvalue weighted by Gasteiger charge is 2.22. The highest BCUT2D eigenvalue weighted by Crippen LogP contribution is 2.18. The summed E-state index contributed by atoms with van der Waals surface area (Å²) in [4.78, 5) is 11.3. The first-order valence-electron chi connectivity index (χ1n) is 5.26. The topological polar surface area (TPSA) is 66.9 Å². The molecule has 1 aliphatic rings. The summed E-state index contributed by atoms with van der Waals surface area (Å²) in [5.74, 6) is 0.709. The zero-order chi connectivity index (χ0) is 11.4. The van der Waals surface area contributed by atoms with Crippen molar-refractivity contribution in [1.29, 1.82) is 0 Å². The van der Waals surface area contributed by atoms with Crippen molar-refractivity contribution < 1.29 is 4.79 Å². The number of rotatable bonds is 5. The van der Waals surface area contributed by atoms with Gasteiger partial charge in [0.05, 0.1) is 0 Å². The first-order chi connectivity index (χ1) is 7.74. The van der Waals surface area contributed by atoms with Crippen LogP contribution in [0.4, 0.5) is 5.82 Å². The summed E-state index contributed by atoms with van der Waals surface area (Å²) >= 11 is 5.59. The second-order valence-corrected chi connectivity index (χ2v) is 4.15. The van der Waals surface area contributed by atoms with Crippen molar-refractivity contribution in [2.45, 2.75) is 25.3 Å². The van der Waals surface area contributed by atoms with Crippen LogP contribution in [0.1, 0.15) is 19.3 Å². The summed E-state index contributed by atoms with van der Waals surface area (Å²) in [7, 11) is 0. The third kappa shape index (κ3) is 3.66. The molecule has 2 N–H and O–H groups in total. The van der Waals surface area contributed by atoms with Crippen molar-refractivity contribution in [2.24, 2.45) is 0 Å². The summed E-state index contributed by atoms with van der Waals surface area (Å²) in [6.45, 7) is 0.550. The molecule has 0 radical (unpaired) electrons. The van der Waals surface area contributed by atoms with Gasteiger partial charge in [0.2, 0.25) is 5.91 Å². The number of halogens is 1. The Kier molecular flexibility index (Phi) is 3.56. The van der Waals surface area contributed by atoms with E-state index in [1.807, 2.05) is 0 Å². The number of hydrogen-bond donors (Lipinski definition) is 2. The van der Waals surface area contributed by atoms with Gasteiger partial charge in [-0.3, -0.25) is 4.79 Å². The van der Waals surface area contributed by atoms with Crippen LogP contribution in [0.3, 0.4) is 0 Å². The van der Waals surface area contributed by atoms with E-state index in [4.69, 9.17) is 11.6 Å². The molecule has 5 nitrogen and oxygen atoms in total. The van der Waals surface area contributed by atoms with Crippen LogP contribution in [0.2, 0.25) is 5.15 Å². The largest absolute Gasteiger partial charge is 0.368 e. The molecule has 1 saturated carbocycles. The van der Waals surface area contributed by atoms with Gasteiger partial charge >= 0.3 is 0 Å². The second-order valence-electron chi connectivity index (χ2n) is 3.76. The van der Waals surface area contributed by atoms with Crippen molar-refractivity contribution in [1.82, 2.24) is 15.5 Å². The first-order valence-corrected chi connectivity index (χ1v) is 5.64. The lowest BCUT2D eigenvalue weighted by molar-refractivity contribution is -0.120. The molecule has 1 aromatic rings. The number of carbonyl (C=O) groups is 1. The molecule has 16 heavy (non-hydrogen) atoms. The van der Waals surface area contributed by atoms with Crippen LogP contribution < -0.4 is 10.6 Å². The molecule has 0 unspecified atom stereocenters. The average Bonchev–Trinajstić information content (AvgIpc) is 3.05. The Morgan fingerprint density at radius 1 is 1.44 bits per heavy atom. The van der Waals surface area contributed by atoms with Crippen LogP contribution in [-0.2, 0) is 4.79 Å². The lowest BCUT2D eigenvalue weighted by Crippen LogP contribution is -2.27. The van der Waals surface area contributed by atoms with E-state index in [1.54, 1.807) is 12.1 Å². The lowest BCUT2D eigenvalue weighted by Gasteiger charge is -2.05. The monoisotopic (exact) mass is 240 g/mol. The molecule has 0 bridgehead atoms. The number of anilines is 1. The maximum Gasteiger partial charge on any atom is 0.221 e. The third-order valence-corrected chi connectivity index (χ3v) is 2.43. The molecule has 1 heterocycles. The first kappa shape index (κ1) is 11.1. The van der Waals surface area contributed by atoms with E-state index in [9.17, 15) is 4.79 Å². The number of nitrogens with one attached hydrogen (secondary N) is 2. The van der Waals surface area contributed by atoms with E-state index in [1.165, 1.54) is 0 Å². The fourth-order valence-electron chi connectivity index (χ4n) is 1.24. The van der Waals surface area contributed by atoms with Gasteiger partial charge in [0.1, 0.15) is 5.82 Å². The quantitative estimate of drug-likeness (QED) is 0.812. The smallest absolute Gasteiger partial charge is 0.221 e. The molecule has 1 aliphatic carbocycles. The van der Waals surface area contributed by atoms with E-state index in [0.29, 0.717) is 30.0 Å². The highest BCUT2D eigenvalue weighted by atomic mass is 35.5. The molecule has 0 aromatic carbocycles. The molecule has 2 rings (SSSR count). The Balaban J connectivity index is 1.66. The molecule has 1 aromatic heterocycles. The van der Waals surface area contributed by atoms with E-state index >= 15 is 0 Å². The number of carbonyl (C=O) groups excluding carboxylic acids is 1. The van der Waals surface area contributed by atoms with Gasteiger partial charge < -0.3 is 10.6 Å². The minimum absolute atomic E-state index is 0.0805. The molecule has 1 fully saturated rings. The van der Waals surface area contributed by atoms with E-state index in [-0.39, 0.29) is 5.91 Å². The Labute approximate surface area is 98.6 Å². The van der Waals surface area contributed by atoms with Gasteiger partial charge in [0, 0.05) is 19.0 Å². The Morgan fingerprint density at radius 3 is 2.88 bits per heavy atom. The number of hydrogen-bond acceptors (Lipinski definition) is 4. The highest BCUT2D eigenvalue weighted by molar-refractivity contribution is 6.29. The molecule has 6 heteroatoms. The number of aromatic nitrogens is 2. The van der Waals surface area contributed by atoms with E-state index in [2.05, 4.69) is 20.8 Å². The van der Waals surface area contributed by atoms with Crippen molar-refractivity contribution in [3.05, 3.63) is 17.3 Å². The Morgan fingerprint density at radius 2 is 2.25 bits per heavy atom. The molecular weight excluding hydrogens is 228 g/mol. The fourth-order valence-corrected chi connectivity index (χ4v) is 1.34. The molecular formula is C10H13ClN4O. The minimum Gasteiger partial charge on any atom is -0.368 e. The van der Waals surface area contributed by atoms with E-state index in [0.717, 1.165) is 12.8 Å². The van der Waals surface area contributed by atoms with Crippen LogP contribution in [0.25, 0.3) is 0 Å². The normalized spacial score (nSPS) is 14.6. The summed E-state index contributed by atoms with van der Waals surface area (Å²) in [5.41, 5.74) is 0. The van der Waals surface area contributed by atoms with Crippen LogP contribution in [0, 0.1) is 0 Å². The van der Waals surface area contributed by atoms with E-state index < -0.39 is 0 Å². The van der Waals surface area contributed by atoms with Crippen molar-refractivity contribution in [2.75, 3.05) is 11.9 Å². The SMILES string of the molecule is O=C(CCNc1ccc(Cl)nn1)NC1CC1. The van der Waals surface area contributed by atoms with Crippen LogP contribution in [0.15, 0.2) is 12.1 Å². The Hall–Kier alpha value is -1.36. The van der Waals surface area contributed by atoms with Gasteiger partial charge in [-0.15, -0.1) is 10.2 Å². The average molecular weight is 241 g/mol. The van der Waals surface area contributed by atoms with Crippen LogP contribution >= 0.6 is 11.6 Å². The van der Waals surface area contributed by atoms with Gasteiger partial charge in [-0.2, -0.15) is 0 Å². The second kappa shape index (κ2) is 5.12. The van der Waals surface area contributed by atoms with Gasteiger partial charge in [0.25, 0.3) is 0 Å². The molecule has 0 spiro atoms. The zero-order valence-corrected chi connectivity index (χ0v) is 9.50. The van der Waals surface area contributed by atoms with Crippen LogP contribution in [0.5, 0.6) is 0 Å². The summed E-state index contributed by atoms with van der Waals surface area (Å²) in [6, 6.07) is 3.80. The zero-order valence-electron chi connectivity index (χ0n) is 8.74. The minimum atomic E-state index is 0.0805. The summed E-state index contributed by atoms with van der Waals surface area (Å²) < 4.78 is 0.